The summed E-state index contributed by atoms with van der Waals surface area (Å²) in [4.78, 5) is 16.4. The van der Waals surface area contributed by atoms with Crippen molar-refractivity contribution in [3.8, 4) is 29.0 Å². The molecule has 1 fully saturated rings. The van der Waals surface area contributed by atoms with Crippen LogP contribution in [0.5, 0.6) is 11.6 Å². The maximum atomic E-state index is 13.7. The predicted octanol–water partition coefficient (Wildman–Crippen LogP) is 6.27. The largest absolute Gasteiger partial charge is 0.436 e. The van der Waals surface area contributed by atoms with Gasteiger partial charge in [-0.25, -0.2) is 19.0 Å². The van der Waals surface area contributed by atoms with Crippen molar-refractivity contribution in [3.05, 3.63) is 83.7 Å². The van der Waals surface area contributed by atoms with E-state index in [0.717, 1.165) is 6.07 Å². The highest BCUT2D eigenvalue weighted by Gasteiger charge is 2.38. The number of nitrogens with one attached hydrogen (secondary N) is 1. The molecule has 0 saturated heterocycles. The van der Waals surface area contributed by atoms with Crippen LogP contribution in [0, 0.1) is 23.0 Å². The van der Waals surface area contributed by atoms with E-state index >= 15 is 0 Å². The van der Waals surface area contributed by atoms with Gasteiger partial charge in [0.1, 0.15) is 26.4 Å². The Morgan fingerprint density at radius 2 is 1.89 bits per heavy atom. The summed E-state index contributed by atoms with van der Waals surface area (Å²) >= 11 is 0. The van der Waals surface area contributed by atoms with Crippen molar-refractivity contribution in [3.63, 3.8) is 0 Å². The SMILES string of the molecule is Cc1cc(C(F)(F)F)nc(C2CC2)c1Oc1nc(-c2cncc(C#N)c2)ccc1S(=N)(=O)c1cccnc1. The van der Waals surface area contributed by atoms with Gasteiger partial charge >= 0.3 is 6.18 Å². The molecule has 4 aromatic heterocycles. The molecule has 4 heterocycles. The number of hydrogen-bond donors (Lipinski definition) is 1. The summed E-state index contributed by atoms with van der Waals surface area (Å²) in [6.07, 6.45) is 2.31. The smallest absolute Gasteiger partial charge is 0.433 e. The van der Waals surface area contributed by atoms with Crippen molar-refractivity contribution in [2.45, 2.75) is 41.7 Å². The van der Waals surface area contributed by atoms with E-state index < -0.39 is 21.6 Å². The van der Waals surface area contributed by atoms with Gasteiger partial charge in [-0.15, -0.1) is 0 Å². The lowest BCUT2D eigenvalue weighted by atomic mass is 10.1. The third-order valence-corrected chi connectivity index (χ3v) is 7.74. The zero-order chi connectivity index (χ0) is 27.1. The minimum absolute atomic E-state index is 0.0803. The number of alkyl halides is 3. The van der Waals surface area contributed by atoms with Crippen LogP contribution in [0.15, 0.2) is 71.0 Å². The summed E-state index contributed by atoms with van der Waals surface area (Å²) in [6.45, 7) is 1.47. The summed E-state index contributed by atoms with van der Waals surface area (Å²) in [6, 6.07) is 10.4. The Balaban J connectivity index is 1.69. The normalized spacial score (nSPS) is 14.9. The van der Waals surface area contributed by atoms with E-state index in [9.17, 15) is 22.6 Å². The first kappa shape index (κ1) is 25.3. The van der Waals surface area contributed by atoms with Gasteiger partial charge in [0, 0.05) is 36.3 Å². The average molecular weight is 537 g/mol. The molecule has 0 radical (unpaired) electrons. The molecule has 1 unspecified atom stereocenters. The van der Waals surface area contributed by atoms with Crippen LogP contribution < -0.4 is 4.74 Å². The van der Waals surface area contributed by atoms with E-state index in [1.165, 1.54) is 49.9 Å². The summed E-state index contributed by atoms with van der Waals surface area (Å²) < 4.78 is 69.0. The van der Waals surface area contributed by atoms with Gasteiger partial charge in [0.05, 0.1) is 21.8 Å². The minimum atomic E-state index is -4.63. The number of hydrogen-bond acceptors (Lipinski definition) is 8. The molecule has 0 spiro atoms. The molecular weight excluding hydrogens is 517 g/mol. The molecule has 192 valence electrons. The highest BCUT2D eigenvalue weighted by molar-refractivity contribution is 7.92. The Labute approximate surface area is 216 Å². The molecule has 4 aromatic rings. The molecule has 0 amide bonds. The Morgan fingerprint density at radius 3 is 2.55 bits per heavy atom. The third-order valence-electron chi connectivity index (χ3n) is 5.90. The molecule has 8 nitrogen and oxygen atoms in total. The fourth-order valence-corrected chi connectivity index (χ4v) is 5.19. The van der Waals surface area contributed by atoms with Crippen LogP contribution in [0.4, 0.5) is 13.2 Å². The number of pyridine rings is 4. The van der Waals surface area contributed by atoms with Gasteiger partial charge in [0.25, 0.3) is 0 Å². The van der Waals surface area contributed by atoms with Crippen molar-refractivity contribution in [2.75, 3.05) is 0 Å². The van der Waals surface area contributed by atoms with Crippen LogP contribution in [-0.2, 0) is 15.9 Å². The first-order valence-electron chi connectivity index (χ1n) is 11.4. The van der Waals surface area contributed by atoms with E-state index in [4.69, 9.17) is 9.52 Å². The Bertz CT molecular complexity index is 1680. The Morgan fingerprint density at radius 1 is 1.11 bits per heavy atom. The van der Waals surface area contributed by atoms with Gasteiger partial charge in [-0.3, -0.25) is 9.97 Å². The lowest BCUT2D eigenvalue weighted by molar-refractivity contribution is -0.141. The molecule has 12 heteroatoms. The zero-order valence-electron chi connectivity index (χ0n) is 19.9. The molecule has 1 saturated carbocycles. The number of nitriles is 1. The van der Waals surface area contributed by atoms with Gasteiger partial charge in [0.2, 0.25) is 5.88 Å². The van der Waals surface area contributed by atoms with Crippen LogP contribution in [0.3, 0.4) is 0 Å². The molecule has 38 heavy (non-hydrogen) atoms. The molecule has 1 atom stereocenters. The summed E-state index contributed by atoms with van der Waals surface area (Å²) in [5.41, 5.74) is 0.350. The van der Waals surface area contributed by atoms with Crippen LogP contribution >= 0.6 is 0 Å². The molecule has 1 aliphatic rings. The standard InChI is InChI=1S/C26H19F3N6O2S/c1-15-9-22(26(27,28)29)35-23(17-4-5-17)24(15)37-25-21(38(31,36)19-3-2-8-32-14-19)7-6-20(34-25)18-10-16(11-30)12-33-13-18/h2-3,6-10,12-14,17,31H,4-5H2,1H3. The number of halogens is 3. The maximum absolute atomic E-state index is 13.7. The van der Waals surface area contributed by atoms with Gasteiger partial charge in [-0.2, -0.15) is 18.4 Å². The van der Waals surface area contributed by atoms with Crippen LogP contribution in [0.2, 0.25) is 0 Å². The van der Waals surface area contributed by atoms with Crippen LogP contribution in [0.1, 0.15) is 41.3 Å². The monoisotopic (exact) mass is 536 g/mol. The summed E-state index contributed by atoms with van der Waals surface area (Å²) in [7, 11) is -3.68. The lowest BCUT2D eigenvalue weighted by Crippen LogP contribution is -2.12. The third kappa shape index (κ3) is 4.92. The maximum Gasteiger partial charge on any atom is 0.433 e. The van der Waals surface area contributed by atoms with E-state index in [0.29, 0.717) is 24.1 Å². The zero-order valence-corrected chi connectivity index (χ0v) is 20.7. The van der Waals surface area contributed by atoms with Crippen molar-refractivity contribution >= 4 is 9.73 Å². The second kappa shape index (κ2) is 9.50. The van der Waals surface area contributed by atoms with Gasteiger partial charge in [0.15, 0.2) is 5.75 Å². The van der Waals surface area contributed by atoms with Crippen molar-refractivity contribution in [2.24, 2.45) is 0 Å². The van der Waals surface area contributed by atoms with Crippen molar-refractivity contribution in [1.82, 2.24) is 19.9 Å². The van der Waals surface area contributed by atoms with E-state index in [2.05, 4.69) is 19.9 Å². The average Bonchev–Trinajstić information content (AvgIpc) is 3.75. The van der Waals surface area contributed by atoms with E-state index in [1.54, 1.807) is 12.1 Å². The van der Waals surface area contributed by atoms with Crippen molar-refractivity contribution < 1.29 is 22.1 Å². The second-order valence-corrected chi connectivity index (χ2v) is 10.8. The molecule has 0 bridgehead atoms. The number of rotatable bonds is 6. The molecule has 0 aromatic carbocycles. The van der Waals surface area contributed by atoms with Gasteiger partial charge < -0.3 is 4.74 Å². The molecule has 1 aliphatic carbocycles. The predicted molar refractivity (Wildman–Crippen MR) is 130 cm³/mol. The topological polar surface area (TPSA) is 125 Å². The first-order chi connectivity index (χ1) is 18.1. The molecular formula is C26H19F3N6O2S. The number of aromatic nitrogens is 4. The van der Waals surface area contributed by atoms with Gasteiger partial charge in [-0.1, -0.05) is 0 Å². The summed E-state index contributed by atoms with van der Waals surface area (Å²) in [5.74, 6) is -0.357. The minimum Gasteiger partial charge on any atom is -0.436 e. The van der Waals surface area contributed by atoms with Crippen LogP contribution in [0.25, 0.3) is 11.3 Å². The van der Waals surface area contributed by atoms with E-state index in [-0.39, 0.29) is 44.2 Å². The highest BCUT2D eigenvalue weighted by atomic mass is 32.2. The Kier molecular flexibility index (Phi) is 6.32. The van der Waals surface area contributed by atoms with Crippen molar-refractivity contribution in [1.29, 1.82) is 10.0 Å². The molecule has 1 N–H and O–H groups in total. The fourth-order valence-electron chi connectivity index (χ4n) is 3.86. The first-order valence-corrected chi connectivity index (χ1v) is 13.0. The van der Waals surface area contributed by atoms with E-state index in [1.807, 2.05) is 6.07 Å². The number of nitrogens with zero attached hydrogens (tertiary/aromatic N) is 5. The second-order valence-electron chi connectivity index (χ2n) is 8.73. The number of aryl methyl sites for hydroxylation is 1. The highest BCUT2D eigenvalue weighted by Crippen LogP contribution is 2.47. The van der Waals surface area contributed by atoms with Gasteiger partial charge in [-0.05, 0) is 61.7 Å². The molecule has 5 rings (SSSR count). The number of ether oxygens (including phenoxy) is 1. The fraction of sp³-hybridized carbons (Fsp3) is 0.192. The quantitative estimate of drug-likeness (QED) is 0.308. The van der Waals surface area contributed by atoms with Crippen LogP contribution in [-0.4, -0.2) is 24.1 Å². The lowest BCUT2D eigenvalue weighted by Gasteiger charge is -2.18. The Hall–Kier alpha value is -4.37. The molecule has 0 aliphatic heterocycles. The summed E-state index contributed by atoms with van der Waals surface area (Å²) in [5, 5.41) is 9.24.